The van der Waals surface area contributed by atoms with Crippen LogP contribution in [-0.4, -0.2) is 69.8 Å². The van der Waals surface area contributed by atoms with Crippen molar-refractivity contribution in [3.63, 3.8) is 0 Å². The van der Waals surface area contributed by atoms with Gasteiger partial charge in [-0.25, -0.2) is 19.8 Å². The number of nitrogens with one attached hydrogen (secondary N) is 3. The molecule has 0 saturated carbocycles. The number of benzene rings is 1. The van der Waals surface area contributed by atoms with Crippen LogP contribution in [-0.2, 0) is 25.5 Å². The Morgan fingerprint density at radius 1 is 1.07 bits per heavy atom. The Morgan fingerprint density at radius 3 is 2.55 bits per heavy atom. The number of carbonyl (C=O) groups is 4. The molecule has 2 heterocycles. The minimum Gasteiger partial charge on any atom is -0.450 e. The van der Waals surface area contributed by atoms with E-state index < -0.39 is 35.9 Å². The van der Waals surface area contributed by atoms with Gasteiger partial charge < -0.3 is 25.1 Å². The third kappa shape index (κ3) is 9.54. The highest BCUT2D eigenvalue weighted by atomic mass is 16.5. The summed E-state index contributed by atoms with van der Waals surface area (Å²) >= 11 is 0. The summed E-state index contributed by atoms with van der Waals surface area (Å²) in [4.78, 5) is 58.8. The highest BCUT2D eigenvalue weighted by molar-refractivity contribution is 5.97. The lowest BCUT2D eigenvalue weighted by Crippen LogP contribution is -2.51. The van der Waals surface area contributed by atoms with E-state index >= 15 is 0 Å². The van der Waals surface area contributed by atoms with Gasteiger partial charge >= 0.3 is 6.09 Å². The zero-order valence-corrected chi connectivity index (χ0v) is 23.8. The number of carbonyl (C=O) groups excluding carboxylic acids is 4. The number of nitrogens with zero attached hydrogens (tertiary/aromatic N) is 3. The molecule has 0 bridgehead atoms. The molecule has 0 fully saturated rings. The molecule has 42 heavy (non-hydrogen) atoms. The number of ether oxygens (including phenoxy) is 1. The number of alkyl carbamates (subject to hydrolysis) is 1. The average Bonchev–Trinajstić information content (AvgIpc) is 3.41. The number of fused-ring (bicyclic) bond motifs is 1. The first kappa shape index (κ1) is 32.0. The maximum Gasteiger partial charge on any atom is 0.407 e. The number of amides is 4. The molecule has 0 radical (unpaired) electrons. The van der Waals surface area contributed by atoms with Crippen molar-refractivity contribution in [2.24, 2.45) is 5.92 Å². The van der Waals surface area contributed by atoms with Crippen LogP contribution in [0.15, 0.2) is 53.1 Å². The molecule has 13 heteroatoms. The van der Waals surface area contributed by atoms with Gasteiger partial charge in [0.1, 0.15) is 17.4 Å². The average molecular weight is 583 g/mol. The van der Waals surface area contributed by atoms with Crippen LogP contribution in [0.25, 0.3) is 11.1 Å². The number of para-hydroxylation sites is 2. The third-order valence-electron chi connectivity index (χ3n) is 6.58. The number of anilines is 1. The fourth-order valence-corrected chi connectivity index (χ4v) is 4.53. The maximum atomic E-state index is 13.8. The van der Waals surface area contributed by atoms with Crippen molar-refractivity contribution in [3.8, 4) is 0 Å². The van der Waals surface area contributed by atoms with Crippen molar-refractivity contribution >= 4 is 41.2 Å². The Balaban J connectivity index is 1.80. The lowest BCUT2D eigenvalue weighted by atomic mass is 9.90. The monoisotopic (exact) mass is 582 g/mol. The van der Waals surface area contributed by atoms with Gasteiger partial charge in [0.25, 0.3) is 0 Å². The van der Waals surface area contributed by atoms with Gasteiger partial charge in [0.2, 0.25) is 18.2 Å². The molecule has 3 aromatic rings. The molecule has 13 nitrogen and oxygen atoms in total. The molecule has 4 amide bonds. The minimum absolute atomic E-state index is 0.0197. The molecule has 1 aromatic carbocycles. The molecule has 3 atom stereocenters. The number of pyridine rings is 1. The molecule has 0 unspecified atom stereocenters. The zero-order valence-electron chi connectivity index (χ0n) is 23.8. The van der Waals surface area contributed by atoms with E-state index in [1.807, 2.05) is 13.0 Å². The summed E-state index contributed by atoms with van der Waals surface area (Å²) in [6.07, 6.45) is 3.40. The standard InChI is InChI=1S/C29H38N6O7/c1-3-11-23(35(40)19-36)20(18-26-32-21-12-5-6-14-24(21)42-26)27(37)33-22(13-7-9-17-31-29(39)41-4-2)28(38)34-25-15-8-10-16-30-25/h5-6,8,10,12,14-16,19-20,22-23,40H,3-4,7,9,11,13,17-18H2,1-2H3,(H,31,39)(H,33,37)(H,30,34,38)/t20-,22+,23+/m1/s1. The fourth-order valence-electron chi connectivity index (χ4n) is 4.53. The molecule has 0 spiro atoms. The van der Waals surface area contributed by atoms with Crippen LogP contribution >= 0.6 is 0 Å². The Labute approximate surface area is 244 Å². The summed E-state index contributed by atoms with van der Waals surface area (Å²) in [6.45, 7) is 4.17. The van der Waals surface area contributed by atoms with Crippen molar-refractivity contribution in [2.45, 2.75) is 64.5 Å². The quantitative estimate of drug-likeness (QED) is 0.0804. The molecule has 0 aliphatic heterocycles. The summed E-state index contributed by atoms with van der Waals surface area (Å²) in [7, 11) is 0. The normalized spacial score (nSPS) is 13.0. The highest BCUT2D eigenvalue weighted by Crippen LogP contribution is 2.23. The smallest absolute Gasteiger partial charge is 0.407 e. The van der Waals surface area contributed by atoms with Crippen LogP contribution in [0.1, 0.15) is 51.8 Å². The van der Waals surface area contributed by atoms with Crippen molar-refractivity contribution in [1.29, 1.82) is 0 Å². The van der Waals surface area contributed by atoms with Crippen LogP contribution in [0.4, 0.5) is 10.6 Å². The first-order chi connectivity index (χ1) is 20.4. The summed E-state index contributed by atoms with van der Waals surface area (Å²) in [5, 5.41) is 19.1. The van der Waals surface area contributed by atoms with Crippen LogP contribution < -0.4 is 16.0 Å². The van der Waals surface area contributed by atoms with Crippen molar-refractivity contribution < 1.29 is 33.5 Å². The third-order valence-corrected chi connectivity index (χ3v) is 6.58. The lowest BCUT2D eigenvalue weighted by Gasteiger charge is -2.30. The second-order valence-corrected chi connectivity index (χ2v) is 9.64. The van der Waals surface area contributed by atoms with Gasteiger partial charge in [0.05, 0.1) is 18.6 Å². The van der Waals surface area contributed by atoms with Gasteiger partial charge in [-0.2, -0.15) is 0 Å². The molecule has 226 valence electrons. The summed E-state index contributed by atoms with van der Waals surface area (Å²) in [6, 6.07) is 10.3. The van der Waals surface area contributed by atoms with Crippen LogP contribution in [0.5, 0.6) is 0 Å². The van der Waals surface area contributed by atoms with E-state index in [9.17, 15) is 24.4 Å². The Bertz CT molecular complexity index is 1270. The number of hydroxylamine groups is 2. The summed E-state index contributed by atoms with van der Waals surface area (Å²) < 4.78 is 10.7. The molecule has 0 saturated heterocycles. The number of aromatic nitrogens is 2. The zero-order chi connectivity index (χ0) is 30.3. The summed E-state index contributed by atoms with van der Waals surface area (Å²) in [5.41, 5.74) is 1.15. The Hall–Kier alpha value is -4.52. The number of oxazole rings is 1. The van der Waals surface area contributed by atoms with E-state index in [-0.39, 0.29) is 31.7 Å². The molecule has 0 aliphatic rings. The molecular formula is C29H38N6O7. The lowest BCUT2D eigenvalue weighted by molar-refractivity contribution is -0.169. The number of hydrogen-bond donors (Lipinski definition) is 4. The maximum absolute atomic E-state index is 13.8. The largest absolute Gasteiger partial charge is 0.450 e. The molecule has 4 N–H and O–H groups in total. The van der Waals surface area contributed by atoms with Crippen LogP contribution in [0.2, 0.25) is 0 Å². The van der Waals surface area contributed by atoms with Gasteiger partial charge in [-0.05, 0) is 56.9 Å². The molecular weight excluding hydrogens is 544 g/mol. The fraction of sp³-hybridized carbons (Fsp3) is 0.448. The first-order valence-electron chi connectivity index (χ1n) is 14.1. The topological polar surface area (TPSA) is 176 Å². The number of rotatable bonds is 17. The van der Waals surface area contributed by atoms with E-state index in [1.54, 1.807) is 43.3 Å². The van der Waals surface area contributed by atoms with Crippen LogP contribution in [0, 0.1) is 5.92 Å². The van der Waals surface area contributed by atoms with E-state index in [4.69, 9.17) is 9.15 Å². The first-order valence-corrected chi connectivity index (χ1v) is 14.1. The Kier molecular flexibility index (Phi) is 12.7. The highest BCUT2D eigenvalue weighted by Gasteiger charge is 2.35. The predicted molar refractivity (Wildman–Crippen MR) is 153 cm³/mol. The van der Waals surface area contributed by atoms with Gasteiger partial charge in [-0.15, -0.1) is 0 Å². The summed E-state index contributed by atoms with van der Waals surface area (Å²) in [5.74, 6) is -1.44. The Morgan fingerprint density at radius 2 is 1.86 bits per heavy atom. The SMILES string of the molecule is CCC[C@@H]([C@@H](Cc1nc2ccccc2o1)C(=O)N[C@@H](CCCCNC(=O)OCC)C(=O)Nc1ccccn1)N(O)C=O. The van der Waals surface area contributed by atoms with Gasteiger partial charge in [0, 0.05) is 19.2 Å². The second kappa shape index (κ2) is 16.7. The van der Waals surface area contributed by atoms with Gasteiger partial charge in [0.15, 0.2) is 11.5 Å². The van der Waals surface area contributed by atoms with Crippen molar-refractivity contribution in [1.82, 2.24) is 25.7 Å². The molecule has 2 aromatic heterocycles. The minimum atomic E-state index is -0.983. The van der Waals surface area contributed by atoms with Crippen molar-refractivity contribution in [2.75, 3.05) is 18.5 Å². The van der Waals surface area contributed by atoms with E-state index in [0.29, 0.717) is 54.2 Å². The van der Waals surface area contributed by atoms with Crippen molar-refractivity contribution in [3.05, 3.63) is 54.6 Å². The van der Waals surface area contributed by atoms with Crippen LogP contribution in [0.3, 0.4) is 0 Å². The molecule has 0 aliphatic carbocycles. The van der Waals surface area contributed by atoms with Gasteiger partial charge in [-0.3, -0.25) is 19.6 Å². The number of unbranched alkanes of at least 4 members (excludes halogenated alkanes) is 1. The molecule has 3 rings (SSSR count). The van der Waals surface area contributed by atoms with Gasteiger partial charge in [-0.1, -0.05) is 31.5 Å². The van der Waals surface area contributed by atoms with E-state index in [0.717, 1.165) is 0 Å². The predicted octanol–water partition coefficient (Wildman–Crippen LogP) is 3.44. The second-order valence-electron chi connectivity index (χ2n) is 9.64. The van der Waals surface area contributed by atoms with E-state index in [1.165, 1.54) is 6.20 Å². The number of hydrogen-bond acceptors (Lipinski definition) is 9. The van der Waals surface area contributed by atoms with E-state index in [2.05, 4.69) is 25.9 Å².